The number of aliphatic hydroxyl groups is 2. The smallest absolute Gasteiger partial charge is 0.104 e. The Bertz CT molecular complexity index is 108. The maximum absolute atomic E-state index is 8.72. The summed E-state index contributed by atoms with van der Waals surface area (Å²) in [5.41, 5.74) is 0. The summed E-state index contributed by atoms with van der Waals surface area (Å²) >= 11 is 0. The van der Waals surface area contributed by atoms with E-state index in [1.165, 1.54) is 0 Å². The van der Waals surface area contributed by atoms with Gasteiger partial charge in [-0.15, -0.1) is 5.92 Å². The SMILES string of the molecule is CC(O)CCC#CCO. The summed E-state index contributed by atoms with van der Waals surface area (Å²) in [4.78, 5) is 0. The summed E-state index contributed by atoms with van der Waals surface area (Å²) in [5.74, 6) is 5.20. The lowest BCUT2D eigenvalue weighted by Gasteiger charge is -1.95. The zero-order chi connectivity index (χ0) is 7.11. The van der Waals surface area contributed by atoms with Crippen LogP contribution in [0.2, 0.25) is 0 Å². The average molecular weight is 128 g/mol. The van der Waals surface area contributed by atoms with Crippen molar-refractivity contribution in [1.29, 1.82) is 0 Å². The molecular weight excluding hydrogens is 116 g/mol. The highest BCUT2D eigenvalue weighted by Crippen LogP contribution is 1.92. The number of aliphatic hydroxyl groups excluding tert-OH is 2. The van der Waals surface area contributed by atoms with Crippen molar-refractivity contribution in [2.45, 2.75) is 25.9 Å². The van der Waals surface area contributed by atoms with Gasteiger partial charge in [-0.1, -0.05) is 5.92 Å². The first-order chi connectivity index (χ1) is 4.27. The monoisotopic (exact) mass is 128 g/mol. The molecule has 1 atom stereocenters. The van der Waals surface area contributed by atoms with Crippen molar-refractivity contribution in [2.75, 3.05) is 6.61 Å². The third-order valence-corrected chi connectivity index (χ3v) is 0.891. The van der Waals surface area contributed by atoms with Crippen molar-refractivity contribution in [1.82, 2.24) is 0 Å². The van der Waals surface area contributed by atoms with Gasteiger partial charge >= 0.3 is 0 Å². The Balaban J connectivity index is 3.09. The Labute approximate surface area is 55.5 Å². The van der Waals surface area contributed by atoms with Crippen molar-refractivity contribution in [3.63, 3.8) is 0 Å². The first-order valence-corrected chi connectivity index (χ1v) is 3.02. The first-order valence-electron chi connectivity index (χ1n) is 3.02. The molecule has 52 valence electrons. The molecule has 0 fully saturated rings. The molecule has 0 aromatic rings. The van der Waals surface area contributed by atoms with E-state index in [1.54, 1.807) is 6.92 Å². The Morgan fingerprint density at radius 3 is 2.56 bits per heavy atom. The van der Waals surface area contributed by atoms with E-state index in [-0.39, 0.29) is 12.7 Å². The molecule has 9 heavy (non-hydrogen) atoms. The van der Waals surface area contributed by atoms with Gasteiger partial charge in [0.25, 0.3) is 0 Å². The van der Waals surface area contributed by atoms with Crippen LogP contribution in [0.15, 0.2) is 0 Å². The maximum Gasteiger partial charge on any atom is 0.104 e. The molecule has 0 amide bonds. The zero-order valence-electron chi connectivity index (χ0n) is 5.59. The van der Waals surface area contributed by atoms with E-state index in [0.717, 1.165) is 0 Å². The fraction of sp³-hybridized carbons (Fsp3) is 0.714. The molecule has 0 heterocycles. The number of hydrogen-bond acceptors (Lipinski definition) is 2. The minimum atomic E-state index is -0.280. The van der Waals surface area contributed by atoms with Crippen molar-refractivity contribution in [3.05, 3.63) is 0 Å². The second kappa shape index (κ2) is 5.61. The molecule has 0 aromatic heterocycles. The highest BCUT2D eigenvalue weighted by atomic mass is 16.3. The van der Waals surface area contributed by atoms with Crippen LogP contribution in [-0.2, 0) is 0 Å². The molecule has 0 spiro atoms. The molecule has 2 heteroatoms. The maximum atomic E-state index is 8.72. The summed E-state index contributed by atoms with van der Waals surface area (Å²) in [7, 11) is 0. The molecule has 0 radical (unpaired) electrons. The molecule has 0 aromatic carbocycles. The van der Waals surface area contributed by atoms with Crippen LogP contribution in [0.25, 0.3) is 0 Å². The Hall–Kier alpha value is -0.520. The molecule has 0 aliphatic carbocycles. The van der Waals surface area contributed by atoms with Crippen LogP contribution in [0.3, 0.4) is 0 Å². The lowest BCUT2D eigenvalue weighted by atomic mass is 10.2. The predicted octanol–water partition coefficient (Wildman–Crippen LogP) is 0.143. The third kappa shape index (κ3) is 7.48. The van der Waals surface area contributed by atoms with Gasteiger partial charge in [0.05, 0.1) is 6.10 Å². The summed E-state index contributed by atoms with van der Waals surface area (Å²) in [5, 5.41) is 16.9. The number of hydrogen-bond donors (Lipinski definition) is 2. The van der Waals surface area contributed by atoms with Crippen LogP contribution in [-0.4, -0.2) is 22.9 Å². The molecule has 2 nitrogen and oxygen atoms in total. The van der Waals surface area contributed by atoms with E-state index in [4.69, 9.17) is 10.2 Å². The fourth-order valence-electron chi connectivity index (χ4n) is 0.425. The zero-order valence-corrected chi connectivity index (χ0v) is 5.59. The largest absolute Gasteiger partial charge is 0.393 e. The van der Waals surface area contributed by atoms with Gasteiger partial charge in [0, 0.05) is 6.42 Å². The molecule has 0 aliphatic rings. The summed E-state index contributed by atoms with van der Waals surface area (Å²) in [6.45, 7) is 1.64. The van der Waals surface area contributed by atoms with Gasteiger partial charge in [0.1, 0.15) is 6.61 Å². The summed E-state index contributed by atoms with van der Waals surface area (Å²) < 4.78 is 0. The van der Waals surface area contributed by atoms with Crippen molar-refractivity contribution in [2.24, 2.45) is 0 Å². The topological polar surface area (TPSA) is 40.5 Å². The van der Waals surface area contributed by atoms with Gasteiger partial charge in [0.15, 0.2) is 0 Å². The molecule has 0 saturated carbocycles. The number of rotatable bonds is 2. The first kappa shape index (κ1) is 8.48. The molecule has 0 bridgehead atoms. The van der Waals surface area contributed by atoms with Crippen molar-refractivity contribution in [3.8, 4) is 11.8 Å². The van der Waals surface area contributed by atoms with Crippen LogP contribution in [0.5, 0.6) is 0 Å². The minimum Gasteiger partial charge on any atom is -0.393 e. The van der Waals surface area contributed by atoms with E-state index < -0.39 is 0 Å². The predicted molar refractivity (Wildman–Crippen MR) is 35.8 cm³/mol. The van der Waals surface area contributed by atoms with Crippen molar-refractivity contribution < 1.29 is 10.2 Å². The van der Waals surface area contributed by atoms with Gasteiger partial charge in [-0.05, 0) is 13.3 Å². The molecular formula is C7H12O2. The van der Waals surface area contributed by atoms with Gasteiger partial charge in [-0.3, -0.25) is 0 Å². The van der Waals surface area contributed by atoms with Crippen LogP contribution < -0.4 is 0 Å². The standard InChI is InChI=1S/C7H12O2/c1-7(9)5-3-2-4-6-8/h7-9H,3,5-6H2,1H3. The summed E-state index contributed by atoms with van der Waals surface area (Å²) in [6.07, 6.45) is 1.07. The second-order valence-electron chi connectivity index (χ2n) is 1.90. The van der Waals surface area contributed by atoms with Gasteiger partial charge < -0.3 is 10.2 Å². The summed E-state index contributed by atoms with van der Waals surface area (Å²) in [6, 6.07) is 0. The Kier molecular flexibility index (Phi) is 5.29. The molecule has 0 aliphatic heterocycles. The van der Waals surface area contributed by atoms with Crippen LogP contribution in [0.1, 0.15) is 19.8 Å². The van der Waals surface area contributed by atoms with Crippen LogP contribution >= 0.6 is 0 Å². The molecule has 0 saturated heterocycles. The molecule has 0 rings (SSSR count). The Morgan fingerprint density at radius 1 is 1.44 bits per heavy atom. The normalized spacial score (nSPS) is 11.9. The second-order valence-corrected chi connectivity index (χ2v) is 1.90. The highest BCUT2D eigenvalue weighted by Gasteiger charge is 1.89. The van der Waals surface area contributed by atoms with Gasteiger partial charge in [0.2, 0.25) is 0 Å². The van der Waals surface area contributed by atoms with Crippen LogP contribution in [0, 0.1) is 11.8 Å². The van der Waals surface area contributed by atoms with Crippen LogP contribution in [0.4, 0.5) is 0 Å². The fourth-order valence-corrected chi connectivity index (χ4v) is 0.425. The van der Waals surface area contributed by atoms with E-state index in [2.05, 4.69) is 11.8 Å². The quantitative estimate of drug-likeness (QED) is 0.519. The van der Waals surface area contributed by atoms with Gasteiger partial charge in [-0.25, -0.2) is 0 Å². The lowest BCUT2D eigenvalue weighted by Crippen LogP contribution is -1.97. The molecule has 2 N–H and O–H groups in total. The Morgan fingerprint density at radius 2 is 2.11 bits per heavy atom. The lowest BCUT2D eigenvalue weighted by molar-refractivity contribution is 0.186. The van der Waals surface area contributed by atoms with E-state index in [1.807, 2.05) is 0 Å². The average Bonchev–Trinajstić information content (AvgIpc) is 1.80. The van der Waals surface area contributed by atoms with E-state index in [9.17, 15) is 0 Å². The minimum absolute atomic E-state index is 0.0835. The highest BCUT2D eigenvalue weighted by molar-refractivity contribution is 4.98. The third-order valence-electron chi connectivity index (χ3n) is 0.891. The van der Waals surface area contributed by atoms with E-state index in [0.29, 0.717) is 12.8 Å². The van der Waals surface area contributed by atoms with E-state index >= 15 is 0 Å². The molecule has 1 unspecified atom stereocenters. The van der Waals surface area contributed by atoms with Gasteiger partial charge in [-0.2, -0.15) is 0 Å². The van der Waals surface area contributed by atoms with Crippen molar-refractivity contribution >= 4 is 0 Å².